The van der Waals surface area contributed by atoms with Gasteiger partial charge in [-0.3, -0.25) is 9.48 Å². The number of halogens is 5. The van der Waals surface area contributed by atoms with E-state index in [1.807, 2.05) is 11.0 Å². The van der Waals surface area contributed by atoms with Gasteiger partial charge in [0.05, 0.1) is 55.1 Å². The van der Waals surface area contributed by atoms with E-state index in [9.17, 15) is 26.7 Å². The van der Waals surface area contributed by atoms with Crippen LogP contribution in [0.25, 0.3) is 0 Å². The molecule has 3 aromatic heterocycles. The van der Waals surface area contributed by atoms with Crippen molar-refractivity contribution in [2.24, 2.45) is 0 Å². The Balaban J connectivity index is 1.32. The number of aromatic nitrogens is 6. The molecule has 0 saturated heterocycles. The monoisotopic (exact) mass is 514 g/mol. The molecule has 0 fully saturated rings. The Morgan fingerprint density at radius 3 is 2.56 bits per heavy atom. The van der Waals surface area contributed by atoms with Crippen LogP contribution in [0.5, 0.6) is 0 Å². The third kappa shape index (κ3) is 5.78. The lowest BCUT2D eigenvalue weighted by Gasteiger charge is -2.27. The molecule has 4 heterocycles. The van der Waals surface area contributed by atoms with E-state index in [4.69, 9.17) is 4.74 Å². The lowest BCUT2D eigenvalue weighted by Crippen LogP contribution is -2.35. The van der Waals surface area contributed by atoms with Crippen molar-refractivity contribution in [2.45, 2.75) is 51.7 Å². The molecule has 1 atom stereocenters. The summed E-state index contributed by atoms with van der Waals surface area (Å²) in [7, 11) is 0. The highest BCUT2D eigenvalue weighted by molar-refractivity contribution is 5.50. The quantitative estimate of drug-likeness (QED) is 0.441. The van der Waals surface area contributed by atoms with Crippen molar-refractivity contribution in [3.63, 3.8) is 0 Å². The molecule has 0 spiro atoms. The Morgan fingerprint density at radius 1 is 1.17 bits per heavy atom. The predicted molar refractivity (Wildman–Crippen MR) is 117 cm³/mol. The van der Waals surface area contributed by atoms with Crippen LogP contribution in [0.1, 0.15) is 36.4 Å². The highest BCUT2D eigenvalue weighted by Gasteiger charge is 2.37. The first-order valence-corrected chi connectivity index (χ1v) is 10.9. The Morgan fingerprint density at radius 2 is 1.89 bits per heavy atom. The first-order chi connectivity index (χ1) is 16.9. The third-order valence-electron chi connectivity index (χ3n) is 5.44. The molecule has 10 nitrogen and oxygen atoms in total. The van der Waals surface area contributed by atoms with Crippen molar-refractivity contribution in [2.75, 3.05) is 23.4 Å². The van der Waals surface area contributed by atoms with E-state index in [1.165, 1.54) is 0 Å². The second kappa shape index (κ2) is 9.79. The molecular formula is C21H23F5N8O2. The Labute approximate surface area is 201 Å². The Kier molecular flexibility index (Phi) is 6.93. The average Bonchev–Trinajstić information content (AvgIpc) is 3.19. The Bertz CT molecular complexity index is 1250. The van der Waals surface area contributed by atoms with Crippen LogP contribution < -0.4 is 15.8 Å². The molecule has 2 N–H and O–H groups in total. The molecule has 194 valence electrons. The molecule has 0 bridgehead atoms. The lowest BCUT2D eigenvalue weighted by molar-refractivity contribution is -0.138. The molecule has 3 aromatic rings. The van der Waals surface area contributed by atoms with Gasteiger partial charge in [-0.1, -0.05) is 0 Å². The summed E-state index contributed by atoms with van der Waals surface area (Å²) >= 11 is 0. The molecule has 0 amide bonds. The number of nitrogens with zero attached hydrogens (tertiary/aromatic N) is 6. The second-order valence-electron chi connectivity index (χ2n) is 8.48. The van der Waals surface area contributed by atoms with Crippen LogP contribution in [0, 0.1) is 0 Å². The zero-order chi connectivity index (χ0) is 26.1. The summed E-state index contributed by atoms with van der Waals surface area (Å²) in [6, 6.07) is 1.26. The number of hydrogen-bond donors (Lipinski definition) is 2. The predicted octanol–water partition coefficient (Wildman–Crippen LogP) is 2.92. The molecule has 0 radical (unpaired) electrons. The number of ether oxygens (including phenoxy) is 1. The van der Waals surface area contributed by atoms with Gasteiger partial charge in [0.2, 0.25) is 5.95 Å². The number of aromatic amines is 1. The zero-order valence-corrected chi connectivity index (χ0v) is 19.3. The van der Waals surface area contributed by atoms with Gasteiger partial charge >= 0.3 is 6.18 Å². The number of anilines is 2. The lowest BCUT2D eigenvalue weighted by atomic mass is 10.2. The molecule has 0 saturated carbocycles. The van der Waals surface area contributed by atoms with Gasteiger partial charge in [0, 0.05) is 31.9 Å². The van der Waals surface area contributed by atoms with Gasteiger partial charge in [-0.2, -0.15) is 23.4 Å². The average molecular weight is 514 g/mol. The van der Waals surface area contributed by atoms with Crippen molar-refractivity contribution in [3.8, 4) is 0 Å². The molecule has 1 unspecified atom stereocenters. The van der Waals surface area contributed by atoms with E-state index in [2.05, 4.69) is 25.5 Å². The van der Waals surface area contributed by atoms with Gasteiger partial charge in [0.25, 0.3) is 11.5 Å². The van der Waals surface area contributed by atoms with Crippen molar-refractivity contribution < 1.29 is 26.7 Å². The summed E-state index contributed by atoms with van der Waals surface area (Å²) < 4.78 is 73.7. The summed E-state index contributed by atoms with van der Waals surface area (Å²) in [5.41, 5.74) is -1.90. The minimum Gasteiger partial charge on any atom is -0.378 e. The van der Waals surface area contributed by atoms with Crippen LogP contribution in [-0.4, -0.2) is 49.1 Å². The highest BCUT2D eigenvalue weighted by Crippen LogP contribution is 2.31. The number of fused-ring (bicyclic) bond motifs is 1. The molecule has 0 aromatic carbocycles. The van der Waals surface area contributed by atoms with E-state index in [0.29, 0.717) is 31.3 Å². The van der Waals surface area contributed by atoms with Gasteiger partial charge in [0.15, 0.2) is 0 Å². The van der Waals surface area contributed by atoms with Crippen LogP contribution in [0.2, 0.25) is 0 Å². The summed E-state index contributed by atoms with van der Waals surface area (Å²) in [6.07, 6.45) is -1.71. The molecule has 1 aliphatic heterocycles. The normalized spacial score (nSPS) is 15.0. The fraction of sp³-hybridized carbons (Fsp3) is 0.476. The molecule has 4 rings (SSSR count). The van der Waals surface area contributed by atoms with E-state index in [0.717, 1.165) is 31.2 Å². The fourth-order valence-electron chi connectivity index (χ4n) is 3.71. The van der Waals surface area contributed by atoms with Gasteiger partial charge in [-0.25, -0.2) is 23.8 Å². The first kappa shape index (κ1) is 25.5. The second-order valence-corrected chi connectivity index (χ2v) is 8.48. The Hall–Kier alpha value is -3.62. The van der Waals surface area contributed by atoms with Crippen molar-refractivity contribution >= 4 is 11.6 Å². The molecule has 0 aliphatic carbocycles. The van der Waals surface area contributed by atoms with Crippen LogP contribution >= 0.6 is 0 Å². The maximum Gasteiger partial charge on any atom is 0.423 e. The summed E-state index contributed by atoms with van der Waals surface area (Å²) in [5, 5.41) is 12.3. The smallest absolute Gasteiger partial charge is 0.378 e. The van der Waals surface area contributed by atoms with E-state index >= 15 is 0 Å². The summed E-state index contributed by atoms with van der Waals surface area (Å²) in [4.78, 5) is 21.5. The molecule has 1 aliphatic rings. The number of hydrogen-bond acceptors (Lipinski definition) is 8. The maximum atomic E-state index is 13.4. The van der Waals surface area contributed by atoms with Gasteiger partial charge in [-0.15, -0.1) is 0 Å². The summed E-state index contributed by atoms with van der Waals surface area (Å²) in [6.45, 7) is 4.02. The standard InChI is InChI=1S/C21H23F5N8O2/c1-12(30-16-8-29-31-18(35)17(16)21(24,25)26)10-36-11-14-5-15-9-33(3-4-34(15)32-14)19-27-6-13(7-28-19)20(2,22)23/h5-8,12H,3-4,9-11H2,1-2H3,(H2,30,31,35). The number of alkyl halides is 5. The fourth-order valence-corrected chi connectivity index (χ4v) is 3.71. The number of rotatable bonds is 8. The SMILES string of the molecule is CC(COCc1cc2n(n1)CCN(c1ncc(C(C)(F)F)cn1)C2)Nc1cn[nH]c(=O)c1C(F)(F)F. The largest absolute Gasteiger partial charge is 0.423 e. The maximum absolute atomic E-state index is 13.4. The van der Waals surface area contributed by atoms with Crippen molar-refractivity contribution in [1.82, 2.24) is 29.9 Å². The summed E-state index contributed by atoms with van der Waals surface area (Å²) in [5.74, 6) is -2.68. The van der Waals surface area contributed by atoms with Crippen LogP contribution in [-0.2, 0) is 36.5 Å². The molecule has 15 heteroatoms. The van der Waals surface area contributed by atoms with E-state index < -0.39 is 35.0 Å². The van der Waals surface area contributed by atoms with Crippen molar-refractivity contribution in [3.05, 3.63) is 57.5 Å². The minimum atomic E-state index is -4.84. The number of H-pyrrole nitrogens is 1. The first-order valence-electron chi connectivity index (χ1n) is 10.9. The molecule has 36 heavy (non-hydrogen) atoms. The highest BCUT2D eigenvalue weighted by atomic mass is 19.4. The molecular weight excluding hydrogens is 491 g/mol. The van der Waals surface area contributed by atoms with Gasteiger partial charge < -0.3 is 15.0 Å². The number of nitrogens with one attached hydrogen (secondary N) is 2. The van der Waals surface area contributed by atoms with E-state index in [-0.39, 0.29) is 18.8 Å². The van der Waals surface area contributed by atoms with Crippen LogP contribution in [0.15, 0.2) is 29.5 Å². The van der Waals surface area contributed by atoms with Crippen molar-refractivity contribution in [1.29, 1.82) is 0 Å². The van der Waals surface area contributed by atoms with Gasteiger partial charge in [0.1, 0.15) is 5.56 Å². The van der Waals surface area contributed by atoms with Crippen LogP contribution in [0.3, 0.4) is 0 Å². The van der Waals surface area contributed by atoms with E-state index in [1.54, 1.807) is 16.7 Å². The minimum absolute atomic E-state index is 0.0423. The van der Waals surface area contributed by atoms with Gasteiger partial charge in [-0.05, 0) is 13.0 Å². The zero-order valence-electron chi connectivity index (χ0n) is 19.3. The topological polar surface area (TPSA) is 114 Å². The van der Waals surface area contributed by atoms with Crippen LogP contribution in [0.4, 0.5) is 33.6 Å². The third-order valence-corrected chi connectivity index (χ3v) is 5.44.